The molecule has 1 saturated carbocycles. The van der Waals surface area contributed by atoms with Crippen LogP contribution in [0.1, 0.15) is 31.2 Å². The van der Waals surface area contributed by atoms with E-state index in [4.69, 9.17) is 5.73 Å². The molecule has 0 amide bonds. The Balaban J connectivity index is 2.22. The van der Waals surface area contributed by atoms with E-state index in [9.17, 15) is 0 Å². The number of nitrogens with two attached hydrogens (primary N) is 1. The highest BCUT2D eigenvalue weighted by Gasteiger charge is 2.58. The van der Waals surface area contributed by atoms with Crippen LogP contribution < -0.4 is 5.73 Å². The van der Waals surface area contributed by atoms with Crippen LogP contribution in [0.4, 0.5) is 0 Å². The summed E-state index contributed by atoms with van der Waals surface area (Å²) in [4.78, 5) is 8.69. The van der Waals surface area contributed by atoms with Gasteiger partial charge in [-0.3, -0.25) is 9.97 Å². The van der Waals surface area contributed by atoms with E-state index in [-0.39, 0.29) is 0 Å². The molecule has 0 radical (unpaired) electrons. The summed E-state index contributed by atoms with van der Waals surface area (Å²) in [7, 11) is 0. The number of nitrogens with zero attached hydrogens (tertiary/aromatic N) is 2. The Morgan fingerprint density at radius 2 is 2.07 bits per heavy atom. The maximum atomic E-state index is 5.72. The zero-order chi connectivity index (χ0) is 10.3. The molecular formula is C11H17N3. The highest BCUT2D eigenvalue weighted by molar-refractivity contribution is 5.24. The predicted octanol–water partition coefficient (Wildman–Crippen LogP) is 1.48. The van der Waals surface area contributed by atoms with Gasteiger partial charge in [0.1, 0.15) is 0 Å². The summed E-state index contributed by atoms with van der Waals surface area (Å²) >= 11 is 0. The third kappa shape index (κ3) is 1.32. The second kappa shape index (κ2) is 3.02. The molecule has 1 heterocycles. The van der Waals surface area contributed by atoms with Gasteiger partial charge < -0.3 is 5.73 Å². The summed E-state index contributed by atoms with van der Waals surface area (Å²) < 4.78 is 0. The zero-order valence-corrected chi connectivity index (χ0v) is 8.99. The average Bonchev–Trinajstić information content (AvgIpc) is 2.69. The Hall–Kier alpha value is -0.960. The van der Waals surface area contributed by atoms with Gasteiger partial charge in [0.15, 0.2) is 0 Å². The third-order valence-electron chi connectivity index (χ3n) is 3.42. The summed E-state index contributed by atoms with van der Waals surface area (Å²) in [6.07, 6.45) is 3.72. The second-order valence-corrected chi connectivity index (χ2v) is 4.72. The van der Waals surface area contributed by atoms with E-state index < -0.39 is 0 Å². The van der Waals surface area contributed by atoms with Crippen LogP contribution in [0.15, 0.2) is 12.4 Å². The fraction of sp³-hybridized carbons (Fsp3) is 0.636. The van der Waals surface area contributed by atoms with Crippen molar-refractivity contribution in [3.05, 3.63) is 23.8 Å². The lowest BCUT2D eigenvalue weighted by Gasteiger charge is -2.01. The molecule has 0 saturated heterocycles. The molecular weight excluding hydrogens is 174 g/mol. The number of aromatic nitrogens is 2. The molecule has 0 spiro atoms. The standard InChI is InChI=1S/C11H17N3/c1-7-5-14-9(6-13-7)10-8(4-12)11(10,2)3/h5-6,8,10H,4,12H2,1-3H3/t8-,10+/m1/s1. The molecule has 0 aromatic carbocycles. The molecule has 14 heavy (non-hydrogen) atoms. The smallest absolute Gasteiger partial charge is 0.0626 e. The number of aryl methyl sites for hydroxylation is 1. The van der Waals surface area contributed by atoms with Crippen LogP contribution in [0.25, 0.3) is 0 Å². The molecule has 2 N–H and O–H groups in total. The average molecular weight is 191 g/mol. The van der Waals surface area contributed by atoms with Gasteiger partial charge in [-0.25, -0.2) is 0 Å². The van der Waals surface area contributed by atoms with E-state index in [2.05, 4.69) is 23.8 Å². The SMILES string of the molecule is Cc1cnc([C@@H]2[C@@H](CN)C2(C)C)cn1. The van der Waals surface area contributed by atoms with Gasteiger partial charge in [0.05, 0.1) is 11.4 Å². The summed E-state index contributed by atoms with van der Waals surface area (Å²) in [5.74, 6) is 1.07. The van der Waals surface area contributed by atoms with E-state index in [1.54, 1.807) is 0 Å². The van der Waals surface area contributed by atoms with Crippen LogP contribution >= 0.6 is 0 Å². The minimum absolute atomic E-state index is 0.304. The second-order valence-electron chi connectivity index (χ2n) is 4.72. The van der Waals surface area contributed by atoms with Gasteiger partial charge >= 0.3 is 0 Å². The summed E-state index contributed by atoms with van der Waals surface area (Å²) in [5.41, 5.74) is 8.09. The molecule has 3 nitrogen and oxygen atoms in total. The van der Waals surface area contributed by atoms with Crippen molar-refractivity contribution in [2.45, 2.75) is 26.7 Å². The van der Waals surface area contributed by atoms with Crippen LogP contribution in [0.2, 0.25) is 0 Å². The van der Waals surface area contributed by atoms with Gasteiger partial charge in [-0.1, -0.05) is 13.8 Å². The number of hydrogen-bond acceptors (Lipinski definition) is 3. The molecule has 1 aliphatic rings. The van der Waals surface area contributed by atoms with Gasteiger partial charge in [-0.2, -0.15) is 0 Å². The fourth-order valence-corrected chi connectivity index (χ4v) is 2.33. The zero-order valence-electron chi connectivity index (χ0n) is 8.99. The molecule has 3 heteroatoms. The van der Waals surface area contributed by atoms with Crippen molar-refractivity contribution < 1.29 is 0 Å². The van der Waals surface area contributed by atoms with Gasteiger partial charge in [0.25, 0.3) is 0 Å². The molecule has 1 aromatic rings. The highest BCUT2D eigenvalue weighted by atomic mass is 14.8. The fourth-order valence-electron chi connectivity index (χ4n) is 2.33. The molecule has 0 unspecified atom stereocenters. The largest absolute Gasteiger partial charge is 0.330 e. The highest BCUT2D eigenvalue weighted by Crippen LogP contribution is 2.63. The van der Waals surface area contributed by atoms with Crippen LogP contribution in [0.5, 0.6) is 0 Å². The Morgan fingerprint density at radius 3 is 2.50 bits per heavy atom. The molecule has 2 atom stereocenters. The molecule has 1 fully saturated rings. The van der Waals surface area contributed by atoms with Crippen molar-refractivity contribution in [1.82, 2.24) is 9.97 Å². The first-order chi connectivity index (χ1) is 6.57. The van der Waals surface area contributed by atoms with E-state index in [1.165, 1.54) is 0 Å². The van der Waals surface area contributed by atoms with Crippen molar-refractivity contribution in [1.29, 1.82) is 0 Å². The third-order valence-corrected chi connectivity index (χ3v) is 3.42. The van der Waals surface area contributed by atoms with Crippen molar-refractivity contribution in [2.24, 2.45) is 17.1 Å². The van der Waals surface area contributed by atoms with E-state index in [1.807, 2.05) is 19.3 Å². The first kappa shape index (κ1) is 9.59. The quantitative estimate of drug-likeness (QED) is 0.770. The minimum Gasteiger partial charge on any atom is -0.330 e. The maximum absolute atomic E-state index is 5.72. The predicted molar refractivity (Wildman–Crippen MR) is 55.8 cm³/mol. The first-order valence-electron chi connectivity index (χ1n) is 5.06. The maximum Gasteiger partial charge on any atom is 0.0626 e. The molecule has 2 rings (SSSR count). The van der Waals surface area contributed by atoms with Crippen LogP contribution in [-0.4, -0.2) is 16.5 Å². The lowest BCUT2D eigenvalue weighted by atomic mass is 10.1. The van der Waals surface area contributed by atoms with Gasteiger partial charge in [-0.15, -0.1) is 0 Å². The lowest BCUT2D eigenvalue weighted by Crippen LogP contribution is -2.05. The molecule has 1 aromatic heterocycles. The summed E-state index contributed by atoms with van der Waals surface area (Å²) in [6.45, 7) is 7.19. The van der Waals surface area contributed by atoms with Crippen molar-refractivity contribution in [3.63, 3.8) is 0 Å². The Bertz CT molecular complexity index is 329. The minimum atomic E-state index is 0.304. The Kier molecular flexibility index (Phi) is 2.07. The van der Waals surface area contributed by atoms with Crippen LogP contribution in [0.3, 0.4) is 0 Å². The molecule has 76 valence electrons. The molecule has 1 aliphatic carbocycles. The van der Waals surface area contributed by atoms with Crippen molar-refractivity contribution in [2.75, 3.05) is 6.54 Å². The van der Waals surface area contributed by atoms with Gasteiger partial charge in [-0.05, 0) is 24.8 Å². The number of rotatable bonds is 2. The van der Waals surface area contributed by atoms with Gasteiger partial charge in [0.2, 0.25) is 0 Å². The topological polar surface area (TPSA) is 51.8 Å². The normalized spacial score (nSPS) is 28.9. The Morgan fingerprint density at radius 1 is 1.36 bits per heavy atom. The molecule has 0 bridgehead atoms. The summed E-state index contributed by atoms with van der Waals surface area (Å²) in [6, 6.07) is 0. The lowest BCUT2D eigenvalue weighted by molar-refractivity contribution is 0.557. The van der Waals surface area contributed by atoms with E-state index in [0.717, 1.165) is 17.9 Å². The monoisotopic (exact) mass is 191 g/mol. The molecule has 0 aliphatic heterocycles. The summed E-state index contributed by atoms with van der Waals surface area (Å²) in [5, 5.41) is 0. The van der Waals surface area contributed by atoms with Crippen molar-refractivity contribution >= 4 is 0 Å². The van der Waals surface area contributed by atoms with Gasteiger partial charge in [0, 0.05) is 18.3 Å². The number of hydrogen-bond donors (Lipinski definition) is 1. The van der Waals surface area contributed by atoms with Crippen molar-refractivity contribution in [3.8, 4) is 0 Å². The first-order valence-corrected chi connectivity index (χ1v) is 5.06. The Labute approximate surface area is 84.8 Å². The van der Waals surface area contributed by atoms with E-state index >= 15 is 0 Å². The van der Waals surface area contributed by atoms with Crippen LogP contribution in [-0.2, 0) is 0 Å². The van der Waals surface area contributed by atoms with Crippen LogP contribution in [0, 0.1) is 18.3 Å². The van der Waals surface area contributed by atoms with E-state index in [0.29, 0.717) is 17.3 Å².